The Balaban J connectivity index is 1.58. The van der Waals surface area contributed by atoms with Crippen LogP contribution >= 0.6 is 0 Å². The van der Waals surface area contributed by atoms with Gasteiger partial charge in [-0.05, 0) is 31.4 Å². The summed E-state index contributed by atoms with van der Waals surface area (Å²) in [5.41, 5.74) is 2.36. The zero-order valence-corrected chi connectivity index (χ0v) is 10.1. The monoisotopic (exact) mass is 234 g/mol. The topological polar surface area (TPSA) is 43.4 Å². The molecule has 3 rings (SSSR count). The van der Waals surface area contributed by atoms with Crippen molar-refractivity contribution in [2.24, 2.45) is 0 Å². The Morgan fingerprint density at radius 1 is 1.41 bits per heavy atom. The van der Waals surface area contributed by atoms with Gasteiger partial charge in [-0.15, -0.1) is 0 Å². The number of hydrogen-bond acceptors (Lipinski definition) is 4. The van der Waals surface area contributed by atoms with Crippen LogP contribution in [0.5, 0.6) is 0 Å². The first kappa shape index (κ1) is 11.0. The van der Waals surface area contributed by atoms with Crippen molar-refractivity contribution < 1.29 is 9.47 Å². The Labute approximate surface area is 101 Å². The molecule has 1 aromatic heterocycles. The van der Waals surface area contributed by atoms with E-state index in [0.29, 0.717) is 6.04 Å². The zero-order valence-electron chi connectivity index (χ0n) is 10.1. The highest BCUT2D eigenvalue weighted by atomic mass is 16.6. The molecule has 1 saturated heterocycles. The molecule has 0 bridgehead atoms. The highest BCUT2D eigenvalue weighted by Crippen LogP contribution is 2.39. The van der Waals surface area contributed by atoms with Gasteiger partial charge in [-0.1, -0.05) is 0 Å². The minimum atomic E-state index is -0.00312. The van der Waals surface area contributed by atoms with Gasteiger partial charge in [0, 0.05) is 24.1 Å². The summed E-state index contributed by atoms with van der Waals surface area (Å²) >= 11 is 0. The number of ether oxygens (including phenoxy) is 2. The first-order valence-corrected chi connectivity index (χ1v) is 6.16. The SMILES string of the molecule is Cc1cnccc1NC1CC2(COCCO2)C1. The lowest BCUT2D eigenvalue weighted by atomic mass is 9.75. The normalized spacial score (nSPS) is 32.2. The number of pyridine rings is 1. The second-order valence-corrected chi connectivity index (χ2v) is 5.02. The van der Waals surface area contributed by atoms with Crippen LogP contribution in [0, 0.1) is 6.92 Å². The van der Waals surface area contributed by atoms with Crippen molar-refractivity contribution in [1.82, 2.24) is 4.98 Å². The summed E-state index contributed by atoms with van der Waals surface area (Å²) in [5, 5.41) is 3.54. The van der Waals surface area contributed by atoms with E-state index in [1.165, 1.54) is 11.3 Å². The van der Waals surface area contributed by atoms with Crippen molar-refractivity contribution in [3.63, 3.8) is 0 Å². The van der Waals surface area contributed by atoms with Gasteiger partial charge in [-0.2, -0.15) is 0 Å². The molecule has 1 saturated carbocycles. The first-order chi connectivity index (χ1) is 8.27. The summed E-state index contributed by atoms with van der Waals surface area (Å²) < 4.78 is 11.3. The number of aryl methyl sites for hydroxylation is 1. The number of nitrogens with zero attached hydrogens (tertiary/aromatic N) is 1. The first-order valence-electron chi connectivity index (χ1n) is 6.16. The van der Waals surface area contributed by atoms with E-state index in [1.807, 2.05) is 18.5 Å². The average Bonchev–Trinajstić information content (AvgIpc) is 2.31. The quantitative estimate of drug-likeness (QED) is 0.846. The molecule has 1 aromatic rings. The predicted octanol–water partition coefficient (Wildman–Crippen LogP) is 1.75. The number of aromatic nitrogens is 1. The fourth-order valence-corrected chi connectivity index (χ4v) is 2.65. The average molecular weight is 234 g/mol. The Bertz CT molecular complexity index is 394. The molecule has 92 valence electrons. The largest absolute Gasteiger partial charge is 0.382 e. The van der Waals surface area contributed by atoms with Crippen LogP contribution in [0.4, 0.5) is 5.69 Å². The van der Waals surface area contributed by atoms with Gasteiger partial charge in [0.05, 0.1) is 25.4 Å². The molecule has 0 amide bonds. The molecular weight excluding hydrogens is 216 g/mol. The van der Waals surface area contributed by atoms with Gasteiger partial charge in [0.2, 0.25) is 0 Å². The molecule has 1 aliphatic carbocycles. The fourth-order valence-electron chi connectivity index (χ4n) is 2.65. The van der Waals surface area contributed by atoms with E-state index in [4.69, 9.17) is 9.47 Å². The summed E-state index contributed by atoms with van der Waals surface area (Å²) in [6.07, 6.45) is 5.78. The van der Waals surface area contributed by atoms with Crippen LogP contribution in [0.25, 0.3) is 0 Å². The molecule has 0 radical (unpaired) electrons. The van der Waals surface area contributed by atoms with E-state index < -0.39 is 0 Å². The summed E-state index contributed by atoms with van der Waals surface area (Å²) in [7, 11) is 0. The molecule has 2 aliphatic rings. The molecule has 0 unspecified atom stereocenters. The maximum atomic E-state index is 5.82. The van der Waals surface area contributed by atoms with Crippen molar-refractivity contribution in [2.75, 3.05) is 25.1 Å². The van der Waals surface area contributed by atoms with Crippen molar-refractivity contribution in [2.45, 2.75) is 31.4 Å². The van der Waals surface area contributed by atoms with Crippen LogP contribution in [-0.2, 0) is 9.47 Å². The zero-order chi connectivity index (χ0) is 11.7. The van der Waals surface area contributed by atoms with Crippen molar-refractivity contribution in [1.29, 1.82) is 0 Å². The number of rotatable bonds is 2. The van der Waals surface area contributed by atoms with Crippen LogP contribution in [0.2, 0.25) is 0 Å². The minimum absolute atomic E-state index is 0.00312. The van der Waals surface area contributed by atoms with E-state index >= 15 is 0 Å². The van der Waals surface area contributed by atoms with Crippen LogP contribution < -0.4 is 5.32 Å². The number of anilines is 1. The number of nitrogens with one attached hydrogen (secondary N) is 1. The molecule has 17 heavy (non-hydrogen) atoms. The lowest BCUT2D eigenvalue weighted by molar-refractivity contribution is -0.194. The van der Waals surface area contributed by atoms with Gasteiger partial charge < -0.3 is 14.8 Å². The Morgan fingerprint density at radius 2 is 2.29 bits per heavy atom. The molecule has 0 atom stereocenters. The fraction of sp³-hybridized carbons (Fsp3) is 0.615. The van der Waals surface area contributed by atoms with Gasteiger partial charge in [0.25, 0.3) is 0 Å². The van der Waals surface area contributed by atoms with Crippen molar-refractivity contribution in [3.8, 4) is 0 Å². The molecule has 4 nitrogen and oxygen atoms in total. The van der Waals surface area contributed by atoms with Gasteiger partial charge in [0.1, 0.15) is 0 Å². The molecule has 2 fully saturated rings. The highest BCUT2D eigenvalue weighted by molar-refractivity contribution is 5.50. The second kappa shape index (κ2) is 4.27. The summed E-state index contributed by atoms with van der Waals surface area (Å²) in [6.45, 7) is 4.30. The minimum Gasteiger partial charge on any atom is -0.382 e. The van der Waals surface area contributed by atoms with Crippen LogP contribution in [0.1, 0.15) is 18.4 Å². The highest BCUT2D eigenvalue weighted by Gasteiger charge is 2.47. The third kappa shape index (κ3) is 2.15. The van der Waals surface area contributed by atoms with Gasteiger partial charge in [0.15, 0.2) is 0 Å². The predicted molar refractivity (Wildman–Crippen MR) is 65.1 cm³/mol. The lowest BCUT2D eigenvalue weighted by Crippen LogP contribution is -2.57. The van der Waals surface area contributed by atoms with Gasteiger partial charge >= 0.3 is 0 Å². The van der Waals surface area contributed by atoms with E-state index in [1.54, 1.807) is 0 Å². The smallest absolute Gasteiger partial charge is 0.0954 e. The molecule has 1 spiro atoms. The lowest BCUT2D eigenvalue weighted by Gasteiger charge is -2.49. The van der Waals surface area contributed by atoms with Gasteiger partial charge in [-0.3, -0.25) is 4.98 Å². The molecular formula is C13H18N2O2. The second-order valence-electron chi connectivity index (χ2n) is 5.02. The Morgan fingerprint density at radius 3 is 3.00 bits per heavy atom. The number of hydrogen-bond donors (Lipinski definition) is 1. The molecule has 4 heteroatoms. The molecule has 0 aromatic carbocycles. The summed E-state index contributed by atoms with van der Waals surface area (Å²) in [5.74, 6) is 0. The van der Waals surface area contributed by atoms with E-state index in [9.17, 15) is 0 Å². The van der Waals surface area contributed by atoms with Crippen molar-refractivity contribution >= 4 is 5.69 Å². The molecule has 1 N–H and O–H groups in total. The standard InChI is InChI=1S/C13H18N2O2/c1-10-8-14-3-2-12(10)15-11-6-13(7-11)9-16-4-5-17-13/h2-3,8,11H,4-7,9H2,1H3,(H,14,15). The maximum Gasteiger partial charge on any atom is 0.0954 e. The maximum absolute atomic E-state index is 5.82. The van der Waals surface area contributed by atoms with Crippen LogP contribution in [0.15, 0.2) is 18.5 Å². The summed E-state index contributed by atoms with van der Waals surface area (Å²) in [6, 6.07) is 2.52. The summed E-state index contributed by atoms with van der Waals surface area (Å²) in [4.78, 5) is 4.09. The third-order valence-corrected chi connectivity index (χ3v) is 3.62. The molecule has 1 aliphatic heterocycles. The Kier molecular flexibility index (Phi) is 2.76. The van der Waals surface area contributed by atoms with Crippen LogP contribution in [0.3, 0.4) is 0 Å². The van der Waals surface area contributed by atoms with E-state index in [0.717, 1.165) is 32.7 Å². The van der Waals surface area contributed by atoms with Crippen molar-refractivity contribution in [3.05, 3.63) is 24.0 Å². The van der Waals surface area contributed by atoms with E-state index in [2.05, 4.69) is 17.2 Å². The molecule has 2 heterocycles. The Hall–Kier alpha value is -1.13. The van der Waals surface area contributed by atoms with Gasteiger partial charge in [-0.25, -0.2) is 0 Å². The van der Waals surface area contributed by atoms with Crippen LogP contribution in [-0.4, -0.2) is 36.4 Å². The van der Waals surface area contributed by atoms with E-state index in [-0.39, 0.29) is 5.60 Å². The third-order valence-electron chi connectivity index (χ3n) is 3.62.